The number of likely N-dealkylation sites (N-methyl/N-ethyl adjacent to an activating group) is 1. The molecule has 1 aromatic heterocycles. The summed E-state index contributed by atoms with van der Waals surface area (Å²) in [5.41, 5.74) is 0.552. The third kappa shape index (κ3) is 3.02. The molecule has 0 N–H and O–H groups in total. The van der Waals surface area contributed by atoms with Gasteiger partial charge in [0.2, 0.25) is 5.91 Å². The Morgan fingerprint density at radius 1 is 1.29 bits per heavy atom. The molecule has 0 saturated heterocycles. The van der Waals surface area contributed by atoms with Crippen molar-refractivity contribution in [2.45, 2.75) is 32.5 Å². The third-order valence-electron chi connectivity index (χ3n) is 4.30. The number of halogens is 3. The zero-order chi connectivity index (χ0) is 17.5. The van der Waals surface area contributed by atoms with Crippen LogP contribution < -0.4 is 4.90 Å². The molecular formula is C17H18F3N3O. The van der Waals surface area contributed by atoms with Crippen LogP contribution in [0.2, 0.25) is 0 Å². The van der Waals surface area contributed by atoms with Crippen LogP contribution in [0.15, 0.2) is 30.3 Å². The standard InChI is InChI=1S/C17H18F3N3O/c1-11-8-13-14(9-11)21-23(16(13)17(18,19)20)10-15(24)22(2)12-6-4-3-5-7-12/h3-7,11H,8-10H2,1-2H3. The lowest BCUT2D eigenvalue weighted by Gasteiger charge is -2.19. The van der Waals surface area contributed by atoms with E-state index in [-0.39, 0.29) is 11.5 Å². The highest BCUT2D eigenvalue weighted by Crippen LogP contribution is 2.38. The summed E-state index contributed by atoms with van der Waals surface area (Å²) in [5, 5.41) is 4.07. The molecule has 1 aromatic carbocycles. The first kappa shape index (κ1) is 16.5. The quantitative estimate of drug-likeness (QED) is 0.862. The van der Waals surface area contributed by atoms with Gasteiger partial charge in [-0.3, -0.25) is 9.48 Å². The van der Waals surface area contributed by atoms with Gasteiger partial charge < -0.3 is 4.90 Å². The number of carbonyl (C=O) groups is 1. The monoisotopic (exact) mass is 337 g/mol. The highest BCUT2D eigenvalue weighted by molar-refractivity contribution is 5.92. The van der Waals surface area contributed by atoms with E-state index < -0.39 is 24.3 Å². The minimum absolute atomic E-state index is 0.154. The number of nitrogens with zero attached hydrogens (tertiary/aromatic N) is 3. The van der Waals surface area contributed by atoms with E-state index in [0.29, 0.717) is 24.2 Å². The van der Waals surface area contributed by atoms with Crippen LogP contribution in [-0.4, -0.2) is 22.7 Å². The van der Waals surface area contributed by atoms with Gasteiger partial charge in [0.25, 0.3) is 0 Å². The third-order valence-corrected chi connectivity index (χ3v) is 4.30. The number of anilines is 1. The maximum atomic E-state index is 13.5. The molecule has 0 spiro atoms. The lowest BCUT2D eigenvalue weighted by Crippen LogP contribution is -2.32. The average molecular weight is 337 g/mol. The van der Waals surface area contributed by atoms with Gasteiger partial charge in [-0.15, -0.1) is 0 Å². The molecule has 0 radical (unpaired) electrons. The van der Waals surface area contributed by atoms with Gasteiger partial charge in [-0.1, -0.05) is 25.1 Å². The van der Waals surface area contributed by atoms with Gasteiger partial charge in [-0.25, -0.2) is 0 Å². The molecule has 1 aliphatic rings. The molecule has 0 saturated carbocycles. The number of fused-ring (bicyclic) bond motifs is 1. The lowest BCUT2D eigenvalue weighted by atomic mass is 10.1. The summed E-state index contributed by atoms with van der Waals surface area (Å²) in [6.07, 6.45) is -3.64. The molecule has 0 fully saturated rings. The van der Waals surface area contributed by atoms with Crippen molar-refractivity contribution in [1.82, 2.24) is 9.78 Å². The van der Waals surface area contributed by atoms with E-state index in [1.165, 1.54) is 4.90 Å². The van der Waals surface area contributed by atoms with Crippen molar-refractivity contribution in [3.05, 3.63) is 47.3 Å². The molecule has 128 valence electrons. The van der Waals surface area contributed by atoms with E-state index in [0.717, 1.165) is 4.68 Å². The number of amides is 1. The highest BCUT2D eigenvalue weighted by atomic mass is 19.4. The van der Waals surface area contributed by atoms with E-state index in [1.807, 2.05) is 13.0 Å². The number of rotatable bonds is 3. The van der Waals surface area contributed by atoms with Crippen LogP contribution in [0, 0.1) is 5.92 Å². The molecule has 24 heavy (non-hydrogen) atoms. The zero-order valence-electron chi connectivity index (χ0n) is 13.5. The molecule has 1 unspecified atom stereocenters. The molecule has 1 heterocycles. The first-order valence-electron chi connectivity index (χ1n) is 7.74. The number of alkyl halides is 3. The Bertz CT molecular complexity index is 752. The smallest absolute Gasteiger partial charge is 0.314 e. The number of carbonyl (C=O) groups excluding carboxylic acids is 1. The lowest BCUT2D eigenvalue weighted by molar-refractivity contribution is -0.145. The molecule has 4 nitrogen and oxygen atoms in total. The van der Waals surface area contributed by atoms with Crippen molar-refractivity contribution >= 4 is 11.6 Å². The number of hydrogen-bond acceptors (Lipinski definition) is 2. The molecule has 2 aromatic rings. The summed E-state index contributed by atoms with van der Waals surface area (Å²) in [6.45, 7) is 1.47. The summed E-state index contributed by atoms with van der Waals surface area (Å²) < 4.78 is 41.2. The zero-order valence-corrected chi connectivity index (χ0v) is 13.5. The number of aromatic nitrogens is 2. The largest absolute Gasteiger partial charge is 0.433 e. The van der Waals surface area contributed by atoms with Crippen molar-refractivity contribution in [3.63, 3.8) is 0 Å². The van der Waals surface area contributed by atoms with Crippen LogP contribution in [0.25, 0.3) is 0 Å². The van der Waals surface area contributed by atoms with E-state index in [1.54, 1.807) is 31.3 Å². The molecule has 1 amide bonds. The summed E-state index contributed by atoms with van der Waals surface area (Å²) in [5.74, 6) is -0.290. The molecule has 1 aliphatic carbocycles. The Balaban J connectivity index is 1.88. The van der Waals surface area contributed by atoms with Gasteiger partial charge in [0.1, 0.15) is 12.2 Å². The van der Waals surface area contributed by atoms with Gasteiger partial charge in [0, 0.05) is 18.3 Å². The molecule has 7 heteroatoms. The molecule has 3 rings (SSSR count). The second-order valence-corrected chi connectivity index (χ2v) is 6.23. The van der Waals surface area contributed by atoms with Crippen LogP contribution in [-0.2, 0) is 30.4 Å². The van der Waals surface area contributed by atoms with Crippen LogP contribution in [0.4, 0.5) is 18.9 Å². The maximum absolute atomic E-state index is 13.5. The minimum Gasteiger partial charge on any atom is -0.314 e. The van der Waals surface area contributed by atoms with Crippen molar-refractivity contribution in [2.75, 3.05) is 11.9 Å². The van der Waals surface area contributed by atoms with Crippen molar-refractivity contribution in [1.29, 1.82) is 0 Å². The van der Waals surface area contributed by atoms with E-state index >= 15 is 0 Å². The average Bonchev–Trinajstić information content (AvgIpc) is 3.01. The number of hydrogen-bond donors (Lipinski definition) is 0. The Morgan fingerprint density at radius 2 is 1.96 bits per heavy atom. The van der Waals surface area contributed by atoms with Crippen LogP contribution >= 0.6 is 0 Å². The molecule has 0 aliphatic heterocycles. The first-order chi connectivity index (χ1) is 11.3. The fourth-order valence-electron chi connectivity index (χ4n) is 3.14. The van der Waals surface area contributed by atoms with Gasteiger partial charge >= 0.3 is 6.18 Å². The molecule has 1 atom stereocenters. The Kier molecular flexibility index (Phi) is 4.11. The van der Waals surface area contributed by atoms with Crippen molar-refractivity contribution in [2.24, 2.45) is 5.92 Å². The SMILES string of the molecule is CC1Cc2nn(CC(=O)N(C)c3ccccc3)c(C(F)(F)F)c2C1. The van der Waals surface area contributed by atoms with Crippen LogP contribution in [0.5, 0.6) is 0 Å². The minimum atomic E-state index is -4.52. The number of para-hydroxylation sites is 1. The molecule has 0 bridgehead atoms. The van der Waals surface area contributed by atoms with E-state index in [9.17, 15) is 18.0 Å². The van der Waals surface area contributed by atoms with Crippen molar-refractivity contribution in [3.8, 4) is 0 Å². The first-order valence-corrected chi connectivity index (χ1v) is 7.74. The van der Waals surface area contributed by atoms with Crippen LogP contribution in [0.1, 0.15) is 23.9 Å². The molecular weight excluding hydrogens is 319 g/mol. The van der Waals surface area contributed by atoms with Gasteiger partial charge in [0.15, 0.2) is 0 Å². The van der Waals surface area contributed by atoms with Crippen molar-refractivity contribution < 1.29 is 18.0 Å². The summed E-state index contributed by atoms with van der Waals surface area (Å²) >= 11 is 0. The Hall–Kier alpha value is -2.31. The van der Waals surface area contributed by atoms with Gasteiger partial charge in [-0.05, 0) is 30.9 Å². The second-order valence-electron chi connectivity index (χ2n) is 6.23. The van der Waals surface area contributed by atoms with Crippen LogP contribution in [0.3, 0.4) is 0 Å². The van der Waals surface area contributed by atoms with Gasteiger partial charge in [-0.2, -0.15) is 18.3 Å². The fraction of sp³-hybridized carbons (Fsp3) is 0.412. The fourth-order valence-corrected chi connectivity index (χ4v) is 3.14. The second kappa shape index (κ2) is 5.96. The van der Waals surface area contributed by atoms with Gasteiger partial charge in [0.05, 0.1) is 5.69 Å². The van der Waals surface area contributed by atoms with E-state index in [4.69, 9.17) is 0 Å². The predicted molar refractivity (Wildman–Crippen MR) is 83.7 cm³/mol. The normalized spacial score (nSPS) is 17.0. The summed E-state index contributed by atoms with van der Waals surface area (Å²) in [7, 11) is 1.55. The Morgan fingerprint density at radius 3 is 2.58 bits per heavy atom. The summed E-state index contributed by atoms with van der Waals surface area (Å²) in [6, 6.07) is 8.80. The predicted octanol–water partition coefficient (Wildman–Crippen LogP) is 3.30. The highest BCUT2D eigenvalue weighted by Gasteiger charge is 2.42. The Labute approximate surface area is 137 Å². The topological polar surface area (TPSA) is 38.1 Å². The number of benzene rings is 1. The summed E-state index contributed by atoms with van der Waals surface area (Å²) in [4.78, 5) is 13.7. The van der Waals surface area contributed by atoms with E-state index in [2.05, 4.69) is 5.10 Å². The maximum Gasteiger partial charge on any atom is 0.433 e.